The number of nitro benzene ring substituents is 1. The van der Waals surface area contributed by atoms with E-state index in [1.54, 1.807) is 0 Å². The Morgan fingerprint density at radius 1 is 1.43 bits per heavy atom. The maximum Gasteiger partial charge on any atom is 0.314 e. The Hall–Kier alpha value is -1.62. The first-order valence-corrected chi connectivity index (χ1v) is 8.65. The molecule has 1 saturated heterocycles. The normalized spacial score (nSPS) is 33.3. The number of phenolic OH excluding ortho intramolecular Hbond substituents is 1. The lowest BCUT2D eigenvalue weighted by molar-refractivity contribution is -0.387. The summed E-state index contributed by atoms with van der Waals surface area (Å²) in [4.78, 5) is 13.8. The fraction of sp³-hybridized carbons (Fsp3) is 0.667. The van der Waals surface area contributed by atoms with Gasteiger partial charge in [-0.3, -0.25) is 15.0 Å². The number of hydrogen-bond acceptors (Lipinski definition) is 4. The van der Waals surface area contributed by atoms with Gasteiger partial charge in [-0.05, 0) is 55.7 Å². The summed E-state index contributed by atoms with van der Waals surface area (Å²) >= 11 is 0. The van der Waals surface area contributed by atoms with Crippen molar-refractivity contribution in [1.29, 1.82) is 0 Å². The minimum atomic E-state index is -0.400. The van der Waals surface area contributed by atoms with E-state index in [0.717, 1.165) is 36.4 Å². The molecule has 5 nitrogen and oxygen atoms in total. The third-order valence-electron chi connectivity index (χ3n) is 6.58. The average Bonchev–Trinajstić information content (AvgIpc) is 3.30. The molecule has 2 bridgehead atoms. The number of benzene rings is 1. The Balaban J connectivity index is 1.80. The van der Waals surface area contributed by atoms with E-state index < -0.39 is 4.92 Å². The molecule has 124 valence electrons. The average molecular weight is 316 g/mol. The van der Waals surface area contributed by atoms with Crippen LogP contribution in [0.25, 0.3) is 0 Å². The van der Waals surface area contributed by atoms with Gasteiger partial charge in [0.2, 0.25) is 0 Å². The summed E-state index contributed by atoms with van der Waals surface area (Å²) in [5.74, 6) is 1.03. The summed E-state index contributed by atoms with van der Waals surface area (Å²) < 4.78 is 0. The first-order valence-electron chi connectivity index (χ1n) is 8.65. The molecule has 0 spiro atoms. The van der Waals surface area contributed by atoms with Crippen LogP contribution in [-0.2, 0) is 11.8 Å². The molecule has 23 heavy (non-hydrogen) atoms. The molecule has 2 aliphatic carbocycles. The Morgan fingerprint density at radius 2 is 2.17 bits per heavy atom. The number of aromatic hydroxyl groups is 1. The van der Waals surface area contributed by atoms with Crippen molar-refractivity contribution in [2.24, 2.45) is 11.8 Å². The molecule has 1 N–H and O–H groups in total. The molecule has 1 aromatic carbocycles. The van der Waals surface area contributed by atoms with Crippen LogP contribution in [0.5, 0.6) is 5.75 Å². The summed E-state index contributed by atoms with van der Waals surface area (Å²) in [5.41, 5.74) is 1.56. The number of fused-ring (bicyclic) bond motifs is 4. The predicted octanol–water partition coefficient (Wildman–Crippen LogP) is 3.23. The second-order valence-electron chi connectivity index (χ2n) is 7.89. The lowest BCUT2D eigenvalue weighted by atomic mass is 9.58. The summed E-state index contributed by atoms with van der Waals surface area (Å²) in [7, 11) is 0. The standard InChI is InChI=1S/C18H24N2O3/c1-11-14-9-13-5-6-15(21)17(20(22)23)16(13)18(11,2)7-8-19(14)10-12-3-4-12/h5-6,11-12,14,21H,3-4,7-10H2,1-2H3/t11?,14-,18-/m0/s1. The van der Waals surface area contributed by atoms with Crippen LogP contribution < -0.4 is 0 Å². The molecule has 0 radical (unpaired) electrons. The van der Waals surface area contributed by atoms with Gasteiger partial charge < -0.3 is 5.11 Å². The van der Waals surface area contributed by atoms with Crippen LogP contribution in [0.15, 0.2) is 12.1 Å². The van der Waals surface area contributed by atoms with E-state index in [1.165, 1.54) is 25.5 Å². The molecule has 0 aromatic heterocycles. The number of rotatable bonds is 3. The number of piperidine rings is 1. The zero-order valence-electron chi connectivity index (χ0n) is 13.8. The van der Waals surface area contributed by atoms with E-state index >= 15 is 0 Å². The van der Waals surface area contributed by atoms with Crippen molar-refractivity contribution in [3.8, 4) is 5.75 Å². The highest BCUT2D eigenvalue weighted by atomic mass is 16.6. The van der Waals surface area contributed by atoms with Crippen LogP contribution >= 0.6 is 0 Å². The van der Waals surface area contributed by atoms with Crippen molar-refractivity contribution in [3.63, 3.8) is 0 Å². The fourth-order valence-electron chi connectivity index (χ4n) is 4.87. The third-order valence-corrected chi connectivity index (χ3v) is 6.58. The molecular formula is C18H24N2O3. The molecule has 1 saturated carbocycles. The highest BCUT2D eigenvalue weighted by molar-refractivity contribution is 5.60. The van der Waals surface area contributed by atoms with Crippen molar-refractivity contribution < 1.29 is 10.0 Å². The van der Waals surface area contributed by atoms with Crippen LogP contribution in [0.1, 0.15) is 44.2 Å². The van der Waals surface area contributed by atoms with E-state index in [-0.39, 0.29) is 16.9 Å². The van der Waals surface area contributed by atoms with Gasteiger partial charge in [-0.25, -0.2) is 0 Å². The maximum absolute atomic E-state index is 11.6. The number of hydrogen-bond donors (Lipinski definition) is 1. The van der Waals surface area contributed by atoms with Gasteiger partial charge in [0.05, 0.1) is 4.92 Å². The third kappa shape index (κ3) is 2.17. The molecule has 1 aromatic rings. The molecule has 2 fully saturated rings. The largest absolute Gasteiger partial charge is 0.502 e. The minimum Gasteiger partial charge on any atom is -0.502 e. The van der Waals surface area contributed by atoms with Crippen LogP contribution in [0, 0.1) is 22.0 Å². The van der Waals surface area contributed by atoms with Crippen molar-refractivity contribution >= 4 is 5.69 Å². The molecule has 1 unspecified atom stereocenters. The minimum absolute atomic E-state index is 0.0639. The van der Waals surface area contributed by atoms with E-state index in [1.807, 2.05) is 6.07 Å². The van der Waals surface area contributed by atoms with Crippen LogP contribution in [0.3, 0.4) is 0 Å². The number of phenols is 1. The Bertz CT molecular complexity index is 670. The quantitative estimate of drug-likeness (QED) is 0.687. The monoisotopic (exact) mass is 316 g/mol. The van der Waals surface area contributed by atoms with Crippen LogP contribution in [-0.4, -0.2) is 34.1 Å². The Morgan fingerprint density at radius 3 is 2.83 bits per heavy atom. The Kier molecular flexibility index (Phi) is 3.21. The Labute approximate surface area is 136 Å². The van der Waals surface area contributed by atoms with Gasteiger partial charge in [0.25, 0.3) is 0 Å². The predicted molar refractivity (Wildman–Crippen MR) is 87.7 cm³/mol. The zero-order valence-corrected chi connectivity index (χ0v) is 13.8. The molecule has 3 aliphatic rings. The second kappa shape index (κ2) is 4.94. The molecule has 1 heterocycles. The lowest BCUT2D eigenvalue weighted by Crippen LogP contribution is -2.58. The summed E-state index contributed by atoms with van der Waals surface area (Å²) in [6.07, 6.45) is 4.49. The van der Waals surface area contributed by atoms with Crippen molar-refractivity contribution in [2.45, 2.75) is 51.0 Å². The van der Waals surface area contributed by atoms with Crippen LogP contribution in [0.2, 0.25) is 0 Å². The number of nitro groups is 1. The number of likely N-dealkylation sites (tertiary alicyclic amines) is 1. The SMILES string of the molecule is CC1[C@@H]2Cc3ccc(O)c([N+](=O)[O-])c3[C@@]1(C)CCN2CC1CC1. The molecular weight excluding hydrogens is 292 g/mol. The van der Waals surface area contributed by atoms with Gasteiger partial charge in [-0.2, -0.15) is 0 Å². The van der Waals surface area contributed by atoms with Gasteiger partial charge >= 0.3 is 5.69 Å². The lowest BCUT2D eigenvalue weighted by Gasteiger charge is -2.54. The summed E-state index contributed by atoms with van der Waals surface area (Å²) in [5, 5.41) is 21.6. The maximum atomic E-state index is 11.6. The molecule has 5 heteroatoms. The highest BCUT2D eigenvalue weighted by Gasteiger charge is 2.52. The first kappa shape index (κ1) is 14.9. The molecule has 4 rings (SSSR count). The molecule has 0 amide bonds. The number of nitrogens with zero attached hydrogens (tertiary/aromatic N) is 2. The van der Waals surface area contributed by atoms with Gasteiger partial charge in [0.15, 0.2) is 5.75 Å². The van der Waals surface area contributed by atoms with Crippen molar-refractivity contribution in [1.82, 2.24) is 4.90 Å². The summed E-state index contributed by atoms with van der Waals surface area (Å²) in [6.45, 7) is 6.58. The van der Waals surface area contributed by atoms with Crippen molar-refractivity contribution in [3.05, 3.63) is 33.4 Å². The van der Waals surface area contributed by atoms with E-state index in [2.05, 4.69) is 18.7 Å². The topological polar surface area (TPSA) is 66.6 Å². The van der Waals surface area contributed by atoms with E-state index in [4.69, 9.17) is 0 Å². The van der Waals surface area contributed by atoms with Gasteiger partial charge in [0.1, 0.15) is 0 Å². The first-order chi connectivity index (χ1) is 10.9. The highest BCUT2D eigenvalue weighted by Crippen LogP contribution is 2.53. The fourth-order valence-corrected chi connectivity index (χ4v) is 4.87. The van der Waals surface area contributed by atoms with Crippen molar-refractivity contribution in [2.75, 3.05) is 13.1 Å². The smallest absolute Gasteiger partial charge is 0.314 e. The zero-order chi connectivity index (χ0) is 16.4. The van der Waals surface area contributed by atoms with Crippen LogP contribution in [0.4, 0.5) is 5.69 Å². The van der Waals surface area contributed by atoms with E-state index in [9.17, 15) is 15.2 Å². The summed E-state index contributed by atoms with van der Waals surface area (Å²) in [6, 6.07) is 3.86. The van der Waals surface area contributed by atoms with E-state index in [0.29, 0.717) is 12.0 Å². The molecule has 3 atom stereocenters. The second-order valence-corrected chi connectivity index (χ2v) is 7.89. The van der Waals surface area contributed by atoms with Gasteiger partial charge in [-0.1, -0.05) is 19.9 Å². The van der Waals surface area contributed by atoms with Gasteiger partial charge in [-0.15, -0.1) is 0 Å². The molecule has 1 aliphatic heterocycles. The van der Waals surface area contributed by atoms with Gasteiger partial charge in [0, 0.05) is 23.6 Å².